The SMILES string of the molecule is O=C(NCCNC1CCCCCC1)c1ccncc1F. The van der Waals surface area contributed by atoms with Crippen molar-refractivity contribution in [2.45, 2.75) is 44.6 Å². The molecule has 4 nitrogen and oxygen atoms in total. The second-order valence-electron chi connectivity index (χ2n) is 5.25. The van der Waals surface area contributed by atoms with Crippen LogP contribution < -0.4 is 10.6 Å². The molecule has 20 heavy (non-hydrogen) atoms. The molecule has 0 bridgehead atoms. The quantitative estimate of drug-likeness (QED) is 0.642. The zero-order chi connectivity index (χ0) is 14.2. The normalized spacial score (nSPS) is 16.6. The summed E-state index contributed by atoms with van der Waals surface area (Å²) in [4.78, 5) is 15.4. The Bertz CT molecular complexity index is 431. The van der Waals surface area contributed by atoms with Crippen LogP contribution in [0.15, 0.2) is 18.5 Å². The molecule has 1 amide bonds. The van der Waals surface area contributed by atoms with Crippen LogP contribution in [0, 0.1) is 5.82 Å². The van der Waals surface area contributed by atoms with Crippen LogP contribution in [0.3, 0.4) is 0 Å². The summed E-state index contributed by atoms with van der Waals surface area (Å²) >= 11 is 0. The van der Waals surface area contributed by atoms with Crippen molar-refractivity contribution in [1.82, 2.24) is 15.6 Å². The molecule has 110 valence electrons. The number of rotatable bonds is 5. The number of nitrogens with zero attached hydrogens (tertiary/aromatic N) is 1. The molecule has 2 rings (SSSR count). The van der Waals surface area contributed by atoms with E-state index in [1.165, 1.54) is 50.8 Å². The molecule has 2 N–H and O–H groups in total. The third-order valence-corrected chi connectivity index (χ3v) is 3.72. The molecule has 0 atom stereocenters. The standard InChI is InChI=1S/C15H22FN3O/c16-14-11-17-8-7-13(14)15(20)19-10-9-18-12-5-3-1-2-4-6-12/h7-8,11-12,18H,1-6,9-10H2,(H,19,20). The number of halogens is 1. The second kappa shape index (κ2) is 7.94. The smallest absolute Gasteiger partial charge is 0.254 e. The molecule has 1 fully saturated rings. The molecule has 1 heterocycles. The van der Waals surface area contributed by atoms with Crippen molar-refractivity contribution in [3.05, 3.63) is 29.8 Å². The van der Waals surface area contributed by atoms with Crippen molar-refractivity contribution in [3.8, 4) is 0 Å². The van der Waals surface area contributed by atoms with E-state index >= 15 is 0 Å². The summed E-state index contributed by atoms with van der Waals surface area (Å²) in [6.45, 7) is 1.24. The molecule has 0 spiro atoms. The molecule has 0 aliphatic heterocycles. The molecular weight excluding hydrogens is 257 g/mol. The summed E-state index contributed by atoms with van der Waals surface area (Å²) in [6.07, 6.45) is 10.1. The van der Waals surface area contributed by atoms with E-state index in [0.717, 1.165) is 12.7 Å². The minimum Gasteiger partial charge on any atom is -0.351 e. The number of carbonyl (C=O) groups excluding carboxylic acids is 1. The monoisotopic (exact) mass is 279 g/mol. The molecule has 1 aliphatic rings. The van der Waals surface area contributed by atoms with E-state index in [2.05, 4.69) is 15.6 Å². The van der Waals surface area contributed by atoms with E-state index < -0.39 is 5.82 Å². The summed E-state index contributed by atoms with van der Waals surface area (Å²) in [7, 11) is 0. The Kier molecular flexibility index (Phi) is 5.92. The highest BCUT2D eigenvalue weighted by Crippen LogP contribution is 2.16. The van der Waals surface area contributed by atoms with Crippen LogP contribution in [0.4, 0.5) is 4.39 Å². The van der Waals surface area contributed by atoms with Crippen molar-refractivity contribution in [3.63, 3.8) is 0 Å². The van der Waals surface area contributed by atoms with Crippen LogP contribution in [0.2, 0.25) is 0 Å². The largest absolute Gasteiger partial charge is 0.351 e. The first-order valence-electron chi connectivity index (χ1n) is 7.38. The van der Waals surface area contributed by atoms with Crippen molar-refractivity contribution >= 4 is 5.91 Å². The van der Waals surface area contributed by atoms with E-state index in [-0.39, 0.29) is 11.5 Å². The lowest BCUT2D eigenvalue weighted by atomic mass is 10.1. The molecule has 1 aromatic rings. The molecular formula is C15H22FN3O. The zero-order valence-electron chi connectivity index (χ0n) is 11.7. The molecule has 1 aliphatic carbocycles. The van der Waals surface area contributed by atoms with Gasteiger partial charge in [0.15, 0.2) is 5.82 Å². The van der Waals surface area contributed by atoms with E-state index in [4.69, 9.17) is 0 Å². The van der Waals surface area contributed by atoms with Gasteiger partial charge >= 0.3 is 0 Å². The van der Waals surface area contributed by atoms with Crippen molar-refractivity contribution in [1.29, 1.82) is 0 Å². The molecule has 5 heteroatoms. The van der Waals surface area contributed by atoms with Gasteiger partial charge in [-0.25, -0.2) is 4.39 Å². The fourth-order valence-corrected chi connectivity index (χ4v) is 2.59. The molecule has 1 aromatic heterocycles. The van der Waals surface area contributed by atoms with Gasteiger partial charge in [0.05, 0.1) is 11.8 Å². The third kappa shape index (κ3) is 4.56. The highest BCUT2D eigenvalue weighted by atomic mass is 19.1. The molecule has 0 unspecified atom stereocenters. The molecule has 0 aromatic carbocycles. The number of hydrogen-bond donors (Lipinski definition) is 2. The van der Waals surface area contributed by atoms with Crippen LogP contribution in [-0.4, -0.2) is 30.0 Å². The van der Waals surface area contributed by atoms with Crippen LogP contribution in [-0.2, 0) is 0 Å². The van der Waals surface area contributed by atoms with Crippen LogP contribution in [0.1, 0.15) is 48.9 Å². The van der Waals surface area contributed by atoms with Gasteiger partial charge in [0.2, 0.25) is 0 Å². The average Bonchev–Trinajstić information content (AvgIpc) is 2.72. The number of aromatic nitrogens is 1. The second-order valence-corrected chi connectivity index (χ2v) is 5.25. The van der Waals surface area contributed by atoms with Crippen molar-refractivity contribution in [2.75, 3.05) is 13.1 Å². The Balaban J connectivity index is 1.68. The maximum atomic E-state index is 13.3. The van der Waals surface area contributed by atoms with Crippen molar-refractivity contribution in [2.24, 2.45) is 0 Å². The number of pyridine rings is 1. The number of amides is 1. The number of hydrogen-bond acceptors (Lipinski definition) is 3. The highest BCUT2D eigenvalue weighted by molar-refractivity contribution is 5.94. The van der Waals surface area contributed by atoms with Gasteiger partial charge < -0.3 is 10.6 Å². The van der Waals surface area contributed by atoms with E-state index in [1.807, 2.05) is 0 Å². The summed E-state index contributed by atoms with van der Waals surface area (Å²) in [6, 6.07) is 1.95. The van der Waals surface area contributed by atoms with Gasteiger partial charge in [0.25, 0.3) is 5.91 Å². The molecule has 0 radical (unpaired) electrons. The summed E-state index contributed by atoms with van der Waals surface area (Å²) in [5, 5.41) is 6.19. The summed E-state index contributed by atoms with van der Waals surface area (Å²) < 4.78 is 13.3. The topological polar surface area (TPSA) is 54.0 Å². The summed E-state index contributed by atoms with van der Waals surface area (Å²) in [5.74, 6) is -0.964. The number of carbonyl (C=O) groups is 1. The minimum atomic E-state index is -0.582. The van der Waals surface area contributed by atoms with Gasteiger partial charge in [-0.3, -0.25) is 9.78 Å². The first kappa shape index (κ1) is 14.9. The molecule has 0 saturated heterocycles. The lowest BCUT2D eigenvalue weighted by molar-refractivity contribution is 0.0949. The Morgan fingerprint density at radius 2 is 2.00 bits per heavy atom. The van der Waals surface area contributed by atoms with Crippen LogP contribution >= 0.6 is 0 Å². The Hall–Kier alpha value is -1.49. The van der Waals surface area contributed by atoms with Gasteiger partial charge in [-0.1, -0.05) is 25.7 Å². The predicted molar refractivity (Wildman–Crippen MR) is 76.0 cm³/mol. The maximum absolute atomic E-state index is 13.3. The average molecular weight is 279 g/mol. The van der Waals surface area contributed by atoms with Gasteiger partial charge in [-0.05, 0) is 18.9 Å². The third-order valence-electron chi connectivity index (χ3n) is 3.72. The maximum Gasteiger partial charge on any atom is 0.254 e. The fraction of sp³-hybridized carbons (Fsp3) is 0.600. The van der Waals surface area contributed by atoms with Gasteiger partial charge in [-0.15, -0.1) is 0 Å². The van der Waals surface area contributed by atoms with E-state index in [1.54, 1.807) is 0 Å². The lowest BCUT2D eigenvalue weighted by Gasteiger charge is -2.16. The van der Waals surface area contributed by atoms with Crippen LogP contribution in [0.25, 0.3) is 0 Å². The minimum absolute atomic E-state index is 0.0504. The summed E-state index contributed by atoms with van der Waals surface area (Å²) in [5.41, 5.74) is 0.0504. The first-order valence-corrected chi connectivity index (χ1v) is 7.38. The Morgan fingerprint density at radius 3 is 2.70 bits per heavy atom. The number of nitrogens with one attached hydrogen (secondary N) is 2. The van der Waals surface area contributed by atoms with Crippen molar-refractivity contribution < 1.29 is 9.18 Å². The van der Waals surface area contributed by atoms with E-state index in [0.29, 0.717) is 12.6 Å². The molecule has 1 saturated carbocycles. The van der Waals surface area contributed by atoms with Gasteiger partial charge in [0, 0.05) is 25.3 Å². The predicted octanol–water partition coefficient (Wildman–Crippen LogP) is 2.26. The van der Waals surface area contributed by atoms with Gasteiger partial charge in [-0.2, -0.15) is 0 Å². The first-order chi connectivity index (χ1) is 9.77. The van der Waals surface area contributed by atoms with Gasteiger partial charge in [0.1, 0.15) is 0 Å². The zero-order valence-corrected chi connectivity index (χ0v) is 11.7. The fourth-order valence-electron chi connectivity index (χ4n) is 2.59. The van der Waals surface area contributed by atoms with E-state index in [9.17, 15) is 9.18 Å². The highest BCUT2D eigenvalue weighted by Gasteiger charge is 2.12. The Morgan fingerprint density at radius 1 is 1.25 bits per heavy atom. The Labute approximate surface area is 119 Å². The lowest BCUT2D eigenvalue weighted by Crippen LogP contribution is -2.37. The van der Waals surface area contributed by atoms with Crippen LogP contribution in [0.5, 0.6) is 0 Å².